The van der Waals surface area contributed by atoms with Crippen molar-refractivity contribution in [3.8, 4) is 0 Å². The van der Waals surface area contributed by atoms with E-state index in [1.54, 1.807) is 32.2 Å². The first-order valence-corrected chi connectivity index (χ1v) is 10.4. The van der Waals surface area contributed by atoms with Gasteiger partial charge in [0, 0.05) is 30.1 Å². The molecule has 0 spiro atoms. The lowest BCUT2D eigenvalue weighted by atomic mass is 10.1. The second-order valence-corrected chi connectivity index (χ2v) is 8.68. The van der Waals surface area contributed by atoms with Gasteiger partial charge in [-0.25, -0.2) is 21.9 Å². The van der Waals surface area contributed by atoms with E-state index in [0.29, 0.717) is 21.7 Å². The summed E-state index contributed by atoms with van der Waals surface area (Å²) in [5.74, 6) is -2.75. The normalized spacial score (nSPS) is 12.6. The number of nitrogens with one attached hydrogen (secondary N) is 1. The van der Waals surface area contributed by atoms with E-state index in [4.69, 9.17) is 23.2 Å². The molecule has 0 saturated heterocycles. The molecule has 1 amide bonds. The maximum absolute atomic E-state index is 13.2. The standard InChI is InChI=1S/C18H18Cl2F2N2O3S/c1-11(14-5-3-12(19)9-15(14)20)24(2)18(25)7-8-23-28(26,27)13-4-6-16(21)17(22)10-13/h3-6,9-11,23H,7-8H2,1-2H3. The highest BCUT2D eigenvalue weighted by Gasteiger charge is 2.21. The average Bonchev–Trinajstić information content (AvgIpc) is 2.62. The molecular weight excluding hydrogens is 433 g/mol. The molecule has 1 unspecified atom stereocenters. The van der Waals surface area contributed by atoms with Gasteiger partial charge in [0.25, 0.3) is 0 Å². The summed E-state index contributed by atoms with van der Waals surface area (Å²) in [6.07, 6.45) is -0.130. The molecular formula is C18H18Cl2F2N2O3S. The SMILES string of the molecule is CC(c1ccc(Cl)cc1Cl)N(C)C(=O)CCNS(=O)(=O)c1ccc(F)c(F)c1. The number of carbonyl (C=O) groups excluding carboxylic acids is 1. The van der Waals surface area contributed by atoms with E-state index in [0.717, 1.165) is 12.1 Å². The number of hydrogen-bond donors (Lipinski definition) is 1. The summed E-state index contributed by atoms with van der Waals surface area (Å²) in [5, 5.41) is 0.889. The molecule has 2 rings (SSSR count). The number of sulfonamides is 1. The fourth-order valence-corrected chi connectivity index (χ4v) is 4.07. The van der Waals surface area contributed by atoms with Gasteiger partial charge in [-0.05, 0) is 42.8 Å². The number of hydrogen-bond acceptors (Lipinski definition) is 3. The predicted molar refractivity (Wildman–Crippen MR) is 104 cm³/mol. The minimum absolute atomic E-state index is 0.130. The molecule has 1 N–H and O–H groups in total. The maximum atomic E-state index is 13.2. The van der Waals surface area contributed by atoms with Crippen molar-refractivity contribution in [3.05, 3.63) is 63.6 Å². The number of rotatable bonds is 7. The van der Waals surface area contributed by atoms with Crippen molar-refractivity contribution >= 4 is 39.1 Å². The van der Waals surface area contributed by atoms with E-state index >= 15 is 0 Å². The lowest BCUT2D eigenvalue weighted by Crippen LogP contribution is -2.33. The van der Waals surface area contributed by atoms with Crippen LogP contribution in [0.2, 0.25) is 10.0 Å². The van der Waals surface area contributed by atoms with E-state index < -0.39 is 26.6 Å². The fourth-order valence-electron chi connectivity index (χ4n) is 2.46. The first kappa shape index (κ1) is 22.5. The van der Waals surface area contributed by atoms with Crippen LogP contribution in [0.4, 0.5) is 8.78 Å². The highest BCUT2D eigenvalue weighted by Crippen LogP contribution is 2.29. The van der Waals surface area contributed by atoms with E-state index in [9.17, 15) is 22.0 Å². The summed E-state index contributed by atoms with van der Waals surface area (Å²) < 4.78 is 52.6. The van der Waals surface area contributed by atoms with Gasteiger partial charge in [0.15, 0.2) is 11.6 Å². The van der Waals surface area contributed by atoms with Crippen LogP contribution in [-0.4, -0.2) is 32.8 Å². The van der Waals surface area contributed by atoms with Gasteiger partial charge in [0.2, 0.25) is 15.9 Å². The highest BCUT2D eigenvalue weighted by molar-refractivity contribution is 7.89. The summed E-state index contributed by atoms with van der Waals surface area (Å²) in [4.78, 5) is 13.4. The molecule has 0 fully saturated rings. The van der Waals surface area contributed by atoms with Gasteiger partial charge in [-0.3, -0.25) is 4.79 Å². The molecule has 10 heteroatoms. The van der Waals surface area contributed by atoms with Crippen LogP contribution in [0.1, 0.15) is 24.9 Å². The number of benzene rings is 2. The Balaban J connectivity index is 1.98. The van der Waals surface area contributed by atoms with Crippen LogP contribution in [0, 0.1) is 11.6 Å². The molecule has 0 bridgehead atoms. The second kappa shape index (κ2) is 9.17. The molecule has 5 nitrogen and oxygen atoms in total. The Morgan fingerprint density at radius 2 is 1.82 bits per heavy atom. The van der Waals surface area contributed by atoms with Gasteiger partial charge >= 0.3 is 0 Å². The Morgan fingerprint density at radius 1 is 1.14 bits per heavy atom. The van der Waals surface area contributed by atoms with Crippen LogP contribution in [0.15, 0.2) is 41.3 Å². The Hall–Kier alpha value is -1.74. The van der Waals surface area contributed by atoms with Gasteiger partial charge in [0.05, 0.1) is 10.9 Å². The van der Waals surface area contributed by atoms with Crippen LogP contribution < -0.4 is 4.72 Å². The molecule has 152 valence electrons. The number of halogens is 4. The van der Waals surface area contributed by atoms with E-state index in [1.807, 2.05) is 0 Å². The van der Waals surface area contributed by atoms with Crippen molar-refractivity contribution in [1.82, 2.24) is 9.62 Å². The second-order valence-electron chi connectivity index (χ2n) is 6.07. The molecule has 2 aromatic carbocycles. The molecule has 28 heavy (non-hydrogen) atoms. The lowest BCUT2D eigenvalue weighted by Gasteiger charge is -2.26. The lowest BCUT2D eigenvalue weighted by molar-refractivity contribution is -0.131. The first-order chi connectivity index (χ1) is 13.0. The van der Waals surface area contributed by atoms with Crippen LogP contribution in [0.3, 0.4) is 0 Å². The fraction of sp³-hybridized carbons (Fsp3) is 0.278. The molecule has 0 aromatic heterocycles. The molecule has 0 aliphatic heterocycles. The van der Waals surface area contributed by atoms with Crippen molar-refractivity contribution in [2.45, 2.75) is 24.3 Å². The van der Waals surface area contributed by atoms with Gasteiger partial charge < -0.3 is 4.90 Å². The molecule has 0 aliphatic rings. The summed E-state index contributed by atoms with van der Waals surface area (Å²) in [5.41, 5.74) is 0.698. The first-order valence-electron chi connectivity index (χ1n) is 8.18. The predicted octanol–water partition coefficient (Wildman–Crippen LogP) is 4.16. The smallest absolute Gasteiger partial charge is 0.240 e. The number of nitrogens with zero attached hydrogens (tertiary/aromatic N) is 1. The van der Waals surface area contributed by atoms with E-state index in [2.05, 4.69) is 4.72 Å². The van der Waals surface area contributed by atoms with Crippen LogP contribution in [0.5, 0.6) is 0 Å². The molecule has 0 aliphatic carbocycles. The molecule has 0 radical (unpaired) electrons. The zero-order valence-corrected chi connectivity index (χ0v) is 17.4. The van der Waals surface area contributed by atoms with Gasteiger partial charge in [-0.15, -0.1) is 0 Å². The van der Waals surface area contributed by atoms with Gasteiger partial charge in [-0.2, -0.15) is 0 Å². The topological polar surface area (TPSA) is 66.5 Å². The van der Waals surface area contributed by atoms with Crippen molar-refractivity contribution in [3.63, 3.8) is 0 Å². The Labute approximate surface area is 172 Å². The van der Waals surface area contributed by atoms with Gasteiger partial charge in [-0.1, -0.05) is 29.3 Å². The number of carbonyl (C=O) groups is 1. The van der Waals surface area contributed by atoms with Crippen molar-refractivity contribution < 1.29 is 22.0 Å². The zero-order chi connectivity index (χ0) is 21.1. The summed E-state index contributed by atoms with van der Waals surface area (Å²) in [6.45, 7) is 1.57. The Bertz CT molecular complexity index is 987. The third-order valence-electron chi connectivity index (χ3n) is 4.22. The Kier molecular flexibility index (Phi) is 7.39. The minimum Gasteiger partial charge on any atom is -0.339 e. The maximum Gasteiger partial charge on any atom is 0.240 e. The van der Waals surface area contributed by atoms with Crippen LogP contribution in [-0.2, 0) is 14.8 Å². The summed E-state index contributed by atoms with van der Waals surface area (Å²) in [6, 6.07) is 6.83. The largest absolute Gasteiger partial charge is 0.339 e. The van der Waals surface area contributed by atoms with Crippen LogP contribution >= 0.6 is 23.2 Å². The highest BCUT2D eigenvalue weighted by atomic mass is 35.5. The van der Waals surface area contributed by atoms with E-state index in [-0.39, 0.29) is 24.9 Å². The van der Waals surface area contributed by atoms with Crippen LogP contribution in [0.25, 0.3) is 0 Å². The minimum atomic E-state index is -4.07. The molecule has 0 heterocycles. The van der Waals surface area contributed by atoms with Crippen molar-refractivity contribution in [2.75, 3.05) is 13.6 Å². The zero-order valence-electron chi connectivity index (χ0n) is 15.0. The summed E-state index contributed by atoms with van der Waals surface area (Å²) >= 11 is 12.0. The monoisotopic (exact) mass is 450 g/mol. The average molecular weight is 451 g/mol. The third-order valence-corrected chi connectivity index (χ3v) is 6.24. The molecule has 0 saturated carbocycles. The molecule has 2 aromatic rings. The van der Waals surface area contributed by atoms with Crippen molar-refractivity contribution in [1.29, 1.82) is 0 Å². The summed E-state index contributed by atoms with van der Waals surface area (Å²) in [7, 11) is -2.50. The quantitative estimate of drug-likeness (QED) is 0.688. The van der Waals surface area contributed by atoms with Gasteiger partial charge in [0.1, 0.15) is 0 Å². The third kappa shape index (κ3) is 5.41. The number of amides is 1. The van der Waals surface area contributed by atoms with E-state index in [1.165, 1.54) is 4.90 Å². The Morgan fingerprint density at radius 3 is 2.43 bits per heavy atom. The molecule has 1 atom stereocenters. The van der Waals surface area contributed by atoms with Crippen molar-refractivity contribution in [2.24, 2.45) is 0 Å².